The Morgan fingerprint density at radius 2 is 1.12 bits per heavy atom. The molecule has 4 aliphatic carbocycles. The fraction of sp³-hybridized carbons (Fsp3) is 0.867. The predicted molar refractivity (Wildman–Crippen MR) is 66.4 cm³/mol. The summed E-state index contributed by atoms with van der Waals surface area (Å²) in [5.74, 6) is 3.33. The maximum absolute atomic E-state index is 2.43. The summed E-state index contributed by atoms with van der Waals surface area (Å²) in [5.41, 5.74) is 1.60. The van der Waals surface area contributed by atoms with Gasteiger partial charge < -0.3 is 18.3 Å². The molecule has 0 saturated heterocycles. The van der Waals surface area contributed by atoms with Gasteiger partial charge in [0.2, 0.25) is 0 Å². The van der Waals surface area contributed by atoms with E-state index in [0.717, 1.165) is 10.8 Å². The van der Waals surface area contributed by atoms with Crippen LogP contribution in [0.4, 0.5) is 0 Å². The Morgan fingerprint density at radius 3 is 1.24 bits per heavy atom. The van der Waals surface area contributed by atoms with Gasteiger partial charge in [-0.05, 0) is 36.5 Å². The molecule has 0 aromatic rings. The van der Waals surface area contributed by atoms with Gasteiger partial charge in [0.25, 0.3) is 0 Å². The van der Waals surface area contributed by atoms with Crippen molar-refractivity contribution < 1.29 is 116 Å². The van der Waals surface area contributed by atoms with Crippen LogP contribution in [0.1, 0.15) is 72.6 Å². The van der Waals surface area contributed by atoms with Crippen LogP contribution in [0.5, 0.6) is 0 Å². The Kier molecular flexibility index (Phi) is 10.1. The summed E-state index contributed by atoms with van der Waals surface area (Å²) in [7, 11) is 0. The summed E-state index contributed by atoms with van der Waals surface area (Å²) in [4.78, 5) is 0. The first-order chi connectivity index (χ1) is 6.91. The summed E-state index contributed by atoms with van der Waals surface area (Å²) in [6.45, 7) is 9.36. The maximum Gasteiger partial charge on any atom is 1.00 e. The first kappa shape index (κ1) is 20.6. The van der Waals surface area contributed by atoms with Crippen LogP contribution in [0, 0.1) is 22.7 Å². The SMILES string of the molecule is CC12CCC(C)(C1)C2.C[C-]1CC[C-](C)C1.[Rb+].[Rb+]. The summed E-state index contributed by atoms with van der Waals surface area (Å²) >= 11 is 0. The Bertz CT molecular complexity index is 209. The standard InChI is InChI=1S/C8H14.C7H12.2Rb/c1-7-3-4-8(2,5-7)6-7;1-6-3-4-7(2)5-6;;/h3-6H2,1-2H3;3-5H2,1-2H3;;/q;-2;2*+1. The van der Waals surface area contributed by atoms with Crippen LogP contribution in [-0.4, -0.2) is 0 Å². The first-order valence-corrected chi connectivity index (χ1v) is 6.54. The van der Waals surface area contributed by atoms with Crippen molar-refractivity contribution in [3.63, 3.8) is 0 Å². The molecule has 0 radical (unpaired) electrons. The summed E-state index contributed by atoms with van der Waals surface area (Å²) in [6.07, 6.45) is 10.0. The van der Waals surface area contributed by atoms with Gasteiger partial charge in [0.15, 0.2) is 0 Å². The third-order valence-electron chi connectivity index (χ3n) is 4.62. The van der Waals surface area contributed by atoms with Crippen molar-refractivity contribution in [2.45, 2.75) is 72.6 Å². The number of rotatable bonds is 0. The number of hydrogen-bond donors (Lipinski definition) is 0. The van der Waals surface area contributed by atoms with Gasteiger partial charge in [-0.15, -0.1) is 0 Å². The maximum atomic E-state index is 2.43. The van der Waals surface area contributed by atoms with Gasteiger partial charge in [-0.3, -0.25) is 0 Å². The molecule has 0 amide bonds. The average Bonchev–Trinajstić information content (AvgIpc) is 2.65. The summed E-state index contributed by atoms with van der Waals surface area (Å²) < 4.78 is 0. The minimum atomic E-state index is 0. The van der Waals surface area contributed by atoms with Gasteiger partial charge in [-0.1, -0.05) is 13.8 Å². The van der Waals surface area contributed by atoms with E-state index in [4.69, 9.17) is 0 Å². The third-order valence-corrected chi connectivity index (χ3v) is 4.62. The molecule has 0 N–H and O–H groups in total. The van der Waals surface area contributed by atoms with E-state index < -0.39 is 0 Å². The van der Waals surface area contributed by atoms with Crippen LogP contribution in [0.2, 0.25) is 0 Å². The molecule has 0 unspecified atom stereocenters. The van der Waals surface area contributed by atoms with E-state index in [2.05, 4.69) is 27.7 Å². The molecule has 2 bridgehead atoms. The van der Waals surface area contributed by atoms with E-state index >= 15 is 0 Å². The third kappa shape index (κ3) is 6.09. The monoisotopic (exact) mass is 376 g/mol. The molecule has 0 nitrogen and oxygen atoms in total. The smallest absolute Gasteiger partial charge is 0.348 e. The zero-order valence-electron chi connectivity index (χ0n) is 12.9. The fourth-order valence-electron chi connectivity index (χ4n) is 4.08. The molecular formula is C15H26Rb2. The van der Waals surface area contributed by atoms with E-state index in [-0.39, 0.29) is 116 Å². The molecule has 0 spiro atoms. The van der Waals surface area contributed by atoms with Crippen LogP contribution in [0.3, 0.4) is 0 Å². The zero-order chi connectivity index (χ0) is 11.1. The Labute approximate surface area is 206 Å². The summed E-state index contributed by atoms with van der Waals surface area (Å²) in [5, 5.41) is 0. The molecule has 4 aliphatic rings. The van der Waals surface area contributed by atoms with Gasteiger partial charge in [0.05, 0.1) is 0 Å². The van der Waals surface area contributed by atoms with Crippen LogP contribution < -0.4 is 116 Å². The van der Waals surface area contributed by atoms with Crippen molar-refractivity contribution in [1.29, 1.82) is 0 Å². The van der Waals surface area contributed by atoms with Gasteiger partial charge in [-0.25, -0.2) is 12.8 Å². The number of hydrogen-bond acceptors (Lipinski definition) is 0. The molecule has 0 aromatic heterocycles. The second-order valence-corrected chi connectivity index (χ2v) is 7.07. The van der Waals surface area contributed by atoms with E-state index in [1.165, 1.54) is 44.9 Å². The topological polar surface area (TPSA) is 0 Å². The van der Waals surface area contributed by atoms with Crippen molar-refractivity contribution in [3.05, 3.63) is 11.8 Å². The van der Waals surface area contributed by atoms with Gasteiger partial charge >= 0.3 is 116 Å². The molecule has 0 heterocycles. The van der Waals surface area contributed by atoms with Crippen LogP contribution in [0.25, 0.3) is 0 Å². The van der Waals surface area contributed by atoms with Gasteiger partial charge in [-0.2, -0.15) is 13.8 Å². The second-order valence-electron chi connectivity index (χ2n) is 7.07. The van der Waals surface area contributed by atoms with Crippen LogP contribution >= 0.6 is 0 Å². The Hall–Kier alpha value is 3.61. The number of fused-ring (bicyclic) bond motifs is 1. The van der Waals surface area contributed by atoms with E-state index in [1.807, 2.05) is 0 Å². The molecule has 2 heteroatoms. The summed E-state index contributed by atoms with van der Waals surface area (Å²) in [6, 6.07) is 0. The van der Waals surface area contributed by atoms with Crippen molar-refractivity contribution >= 4 is 0 Å². The Balaban J connectivity index is 0.000000272. The minimum absolute atomic E-state index is 0. The van der Waals surface area contributed by atoms with Crippen molar-refractivity contribution in [2.24, 2.45) is 10.8 Å². The normalized spacial score (nSPS) is 39.5. The quantitative estimate of drug-likeness (QED) is 0.473. The Morgan fingerprint density at radius 1 is 0.765 bits per heavy atom. The van der Waals surface area contributed by atoms with E-state index in [1.54, 1.807) is 11.8 Å². The second kappa shape index (κ2) is 8.30. The van der Waals surface area contributed by atoms with Crippen LogP contribution in [-0.2, 0) is 0 Å². The molecule has 0 aromatic carbocycles. The van der Waals surface area contributed by atoms with Crippen molar-refractivity contribution in [2.75, 3.05) is 0 Å². The van der Waals surface area contributed by atoms with E-state index in [9.17, 15) is 0 Å². The molecule has 0 atom stereocenters. The average molecular weight is 377 g/mol. The molecule has 88 valence electrons. The molecule has 17 heavy (non-hydrogen) atoms. The molecule has 4 rings (SSSR count). The van der Waals surface area contributed by atoms with E-state index in [0.29, 0.717) is 0 Å². The zero-order valence-corrected chi connectivity index (χ0v) is 22.8. The van der Waals surface area contributed by atoms with Gasteiger partial charge in [0, 0.05) is 0 Å². The van der Waals surface area contributed by atoms with Crippen LogP contribution in [0.15, 0.2) is 0 Å². The minimum Gasteiger partial charge on any atom is -0.348 e. The largest absolute Gasteiger partial charge is 1.00 e. The van der Waals surface area contributed by atoms with Crippen molar-refractivity contribution in [1.82, 2.24) is 0 Å². The molecule has 4 fully saturated rings. The van der Waals surface area contributed by atoms with Gasteiger partial charge in [0.1, 0.15) is 0 Å². The molecule has 4 saturated carbocycles. The first-order valence-electron chi connectivity index (χ1n) is 6.54. The molecular weight excluding hydrogens is 351 g/mol. The predicted octanol–water partition coefficient (Wildman–Crippen LogP) is -1.05. The molecule has 0 aliphatic heterocycles. The fourth-order valence-corrected chi connectivity index (χ4v) is 4.08. The van der Waals surface area contributed by atoms with Crippen molar-refractivity contribution in [3.8, 4) is 0 Å².